The highest BCUT2D eigenvalue weighted by Crippen LogP contribution is 2.16. The Labute approximate surface area is 108 Å². The average Bonchev–Trinajstić information content (AvgIpc) is 2.35. The van der Waals surface area contributed by atoms with Crippen molar-refractivity contribution in [3.63, 3.8) is 0 Å². The number of rotatable bonds is 7. The minimum Gasteiger partial charge on any atom is -0.302 e. The number of hydrogen-bond donors (Lipinski definition) is 0. The molecular formula is C13H17NO3S. The number of hydrogen-bond acceptors (Lipinski definition) is 3. The lowest BCUT2D eigenvalue weighted by molar-refractivity contribution is -0.108. The Hall–Kier alpha value is -1.46. The van der Waals surface area contributed by atoms with Gasteiger partial charge in [-0.1, -0.05) is 23.8 Å². The molecule has 4 nitrogen and oxygen atoms in total. The largest absolute Gasteiger partial charge is 0.302 e. The van der Waals surface area contributed by atoms with Crippen LogP contribution in [0.5, 0.6) is 0 Å². The summed E-state index contributed by atoms with van der Waals surface area (Å²) in [5.74, 6) is 0. The molecule has 5 heteroatoms. The van der Waals surface area contributed by atoms with Crippen molar-refractivity contribution < 1.29 is 13.2 Å². The molecule has 98 valence electrons. The van der Waals surface area contributed by atoms with Crippen LogP contribution < -0.4 is 0 Å². The van der Waals surface area contributed by atoms with Gasteiger partial charge in [-0.3, -0.25) is 0 Å². The van der Waals surface area contributed by atoms with E-state index >= 15 is 0 Å². The maximum atomic E-state index is 12.3. The molecule has 0 heterocycles. The summed E-state index contributed by atoms with van der Waals surface area (Å²) in [6, 6.07) is 6.58. The van der Waals surface area contributed by atoms with E-state index in [1.165, 1.54) is 0 Å². The van der Waals surface area contributed by atoms with Crippen LogP contribution in [-0.2, 0) is 14.8 Å². The zero-order valence-electron chi connectivity index (χ0n) is 10.4. The van der Waals surface area contributed by atoms with Gasteiger partial charge in [0, 0.05) is 6.54 Å². The standard InChI is InChI=1S/C13H17NO3S/c1-3-4-9-14(10-11-15)18(16,17)13-7-5-12(2)6-8-13/h3,5-8,11H,1,4,9-10H2,2H3. The van der Waals surface area contributed by atoms with Crippen LogP contribution in [0.15, 0.2) is 41.8 Å². The first-order valence-electron chi connectivity index (χ1n) is 5.63. The minimum atomic E-state index is -3.60. The molecule has 0 N–H and O–H groups in total. The predicted octanol–water partition coefficient (Wildman–Crippen LogP) is 1.76. The highest BCUT2D eigenvalue weighted by Gasteiger charge is 2.23. The van der Waals surface area contributed by atoms with E-state index in [0.717, 1.165) is 9.87 Å². The van der Waals surface area contributed by atoms with E-state index in [4.69, 9.17) is 0 Å². The maximum absolute atomic E-state index is 12.3. The summed E-state index contributed by atoms with van der Waals surface area (Å²) in [7, 11) is -3.60. The van der Waals surface area contributed by atoms with E-state index in [9.17, 15) is 13.2 Å². The molecule has 0 aliphatic carbocycles. The molecule has 0 amide bonds. The van der Waals surface area contributed by atoms with Gasteiger partial charge in [0.05, 0.1) is 11.4 Å². The van der Waals surface area contributed by atoms with Gasteiger partial charge in [-0.15, -0.1) is 6.58 Å². The number of aryl methyl sites for hydroxylation is 1. The lowest BCUT2D eigenvalue weighted by atomic mass is 10.2. The van der Waals surface area contributed by atoms with Crippen molar-refractivity contribution in [2.45, 2.75) is 18.2 Å². The number of carbonyl (C=O) groups excluding carboxylic acids is 1. The normalized spacial score (nSPS) is 11.4. The quantitative estimate of drug-likeness (QED) is 0.559. The predicted molar refractivity (Wildman–Crippen MR) is 70.8 cm³/mol. The molecule has 0 atom stereocenters. The lowest BCUT2D eigenvalue weighted by Crippen LogP contribution is -2.33. The summed E-state index contributed by atoms with van der Waals surface area (Å²) in [6.45, 7) is 5.56. The fourth-order valence-corrected chi connectivity index (χ4v) is 2.87. The second-order valence-electron chi connectivity index (χ2n) is 3.92. The van der Waals surface area contributed by atoms with Gasteiger partial charge in [-0.05, 0) is 25.5 Å². The van der Waals surface area contributed by atoms with E-state index in [-0.39, 0.29) is 18.0 Å². The molecule has 0 bridgehead atoms. The third-order valence-electron chi connectivity index (χ3n) is 2.52. The third kappa shape index (κ3) is 3.51. The average molecular weight is 267 g/mol. The molecule has 1 aromatic rings. The zero-order chi connectivity index (χ0) is 13.6. The van der Waals surface area contributed by atoms with E-state index in [2.05, 4.69) is 6.58 Å². The van der Waals surface area contributed by atoms with Gasteiger partial charge in [0.1, 0.15) is 6.29 Å². The van der Waals surface area contributed by atoms with Gasteiger partial charge in [0.15, 0.2) is 0 Å². The summed E-state index contributed by atoms with van der Waals surface area (Å²) < 4.78 is 25.7. The molecule has 0 aromatic heterocycles. The van der Waals surface area contributed by atoms with Crippen molar-refractivity contribution in [2.24, 2.45) is 0 Å². The second-order valence-corrected chi connectivity index (χ2v) is 5.86. The molecule has 1 aromatic carbocycles. The summed E-state index contributed by atoms with van der Waals surface area (Å²) in [5.41, 5.74) is 0.988. The van der Waals surface area contributed by atoms with E-state index in [1.807, 2.05) is 6.92 Å². The van der Waals surface area contributed by atoms with E-state index in [1.54, 1.807) is 30.3 Å². The first-order valence-corrected chi connectivity index (χ1v) is 7.07. The molecule has 0 fully saturated rings. The molecule has 1 rings (SSSR count). The van der Waals surface area contributed by atoms with E-state index < -0.39 is 10.0 Å². The van der Waals surface area contributed by atoms with Gasteiger partial charge in [0.2, 0.25) is 10.0 Å². The van der Waals surface area contributed by atoms with Crippen LogP contribution in [0.25, 0.3) is 0 Å². The van der Waals surface area contributed by atoms with E-state index in [0.29, 0.717) is 12.7 Å². The van der Waals surface area contributed by atoms with Crippen LogP contribution in [0.3, 0.4) is 0 Å². The summed E-state index contributed by atoms with van der Waals surface area (Å²) in [4.78, 5) is 10.8. The van der Waals surface area contributed by atoms with Gasteiger partial charge in [-0.2, -0.15) is 4.31 Å². The molecule has 0 radical (unpaired) electrons. The van der Waals surface area contributed by atoms with Crippen LogP contribution in [0.4, 0.5) is 0 Å². The summed E-state index contributed by atoms with van der Waals surface area (Å²) in [6.07, 6.45) is 2.73. The fraction of sp³-hybridized carbons (Fsp3) is 0.308. The highest BCUT2D eigenvalue weighted by molar-refractivity contribution is 7.89. The zero-order valence-corrected chi connectivity index (χ0v) is 11.2. The molecule has 0 spiro atoms. The van der Waals surface area contributed by atoms with Crippen molar-refractivity contribution in [1.82, 2.24) is 4.31 Å². The third-order valence-corrected chi connectivity index (χ3v) is 4.40. The molecule has 0 unspecified atom stereocenters. The number of nitrogens with zero attached hydrogens (tertiary/aromatic N) is 1. The van der Waals surface area contributed by atoms with Crippen LogP contribution in [-0.4, -0.2) is 32.1 Å². The lowest BCUT2D eigenvalue weighted by Gasteiger charge is -2.19. The molecule has 18 heavy (non-hydrogen) atoms. The number of sulfonamides is 1. The molecule has 0 saturated heterocycles. The van der Waals surface area contributed by atoms with Gasteiger partial charge in [-0.25, -0.2) is 8.42 Å². The highest BCUT2D eigenvalue weighted by atomic mass is 32.2. The van der Waals surface area contributed by atoms with Crippen molar-refractivity contribution in [3.8, 4) is 0 Å². The number of benzene rings is 1. The van der Waals surface area contributed by atoms with Crippen LogP contribution in [0.2, 0.25) is 0 Å². The molecule has 0 saturated carbocycles. The Bertz CT molecular complexity index is 506. The Balaban J connectivity index is 3.03. The SMILES string of the molecule is C=CCCN(CC=O)S(=O)(=O)c1ccc(C)cc1. The Morgan fingerprint density at radius 3 is 2.39 bits per heavy atom. The van der Waals surface area contributed by atoms with Crippen LogP contribution in [0, 0.1) is 6.92 Å². The van der Waals surface area contributed by atoms with Crippen molar-refractivity contribution >= 4 is 16.3 Å². The van der Waals surface area contributed by atoms with Crippen molar-refractivity contribution in [1.29, 1.82) is 0 Å². The maximum Gasteiger partial charge on any atom is 0.243 e. The Morgan fingerprint density at radius 2 is 1.89 bits per heavy atom. The van der Waals surface area contributed by atoms with Gasteiger partial charge in [0.25, 0.3) is 0 Å². The Kier molecular flexibility index (Phi) is 5.25. The van der Waals surface area contributed by atoms with Crippen molar-refractivity contribution in [2.75, 3.05) is 13.1 Å². The van der Waals surface area contributed by atoms with Crippen LogP contribution in [0.1, 0.15) is 12.0 Å². The summed E-state index contributed by atoms with van der Waals surface area (Å²) >= 11 is 0. The topological polar surface area (TPSA) is 54.5 Å². The van der Waals surface area contributed by atoms with Crippen LogP contribution >= 0.6 is 0 Å². The Morgan fingerprint density at radius 1 is 1.28 bits per heavy atom. The smallest absolute Gasteiger partial charge is 0.243 e. The minimum absolute atomic E-state index is 0.135. The monoisotopic (exact) mass is 267 g/mol. The number of carbonyl (C=O) groups is 1. The molecule has 0 aliphatic heterocycles. The first kappa shape index (κ1) is 14.6. The van der Waals surface area contributed by atoms with Gasteiger partial charge < -0.3 is 4.79 Å². The first-order chi connectivity index (χ1) is 8.52. The van der Waals surface area contributed by atoms with Gasteiger partial charge >= 0.3 is 0 Å². The molecule has 0 aliphatic rings. The second kappa shape index (κ2) is 6.47. The molecular weight excluding hydrogens is 250 g/mol. The fourth-order valence-electron chi connectivity index (χ4n) is 1.49. The number of aldehydes is 1. The summed E-state index contributed by atoms with van der Waals surface area (Å²) in [5, 5.41) is 0. The van der Waals surface area contributed by atoms with Crippen molar-refractivity contribution in [3.05, 3.63) is 42.5 Å².